The first kappa shape index (κ1) is 18.4. The molecule has 1 amide bonds. The number of rotatable bonds is 6. The van der Waals surface area contributed by atoms with Gasteiger partial charge in [-0.05, 0) is 38.5 Å². The van der Waals surface area contributed by atoms with Crippen molar-refractivity contribution in [3.63, 3.8) is 0 Å². The predicted molar refractivity (Wildman–Crippen MR) is 96.8 cm³/mol. The van der Waals surface area contributed by atoms with E-state index < -0.39 is 0 Å². The molecule has 2 rings (SSSR count). The van der Waals surface area contributed by atoms with Gasteiger partial charge in [-0.15, -0.1) is 0 Å². The molecule has 0 saturated heterocycles. The molecule has 1 aliphatic carbocycles. The maximum atomic E-state index is 12.3. The van der Waals surface area contributed by atoms with Gasteiger partial charge >= 0.3 is 0 Å². The highest BCUT2D eigenvalue weighted by molar-refractivity contribution is 7.99. The first-order valence-electron chi connectivity index (χ1n) is 8.84. The molecular weight excluding hydrogens is 306 g/mol. The van der Waals surface area contributed by atoms with Crippen molar-refractivity contribution in [2.75, 3.05) is 5.75 Å². The maximum Gasteiger partial charge on any atom is 0.230 e. The largest absolute Gasteiger partial charge is 0.352 e. The van der Waals surface area contributed by atoms with E-state index in [2.05, 4.69) is 42.6 Å². The minimum atomic E-state index is 0.142. The lowest BCUT2D eigenvalue weighted by atomic mass is 9.86. The van der Waals surface area contributed by atoms with Gasteiger partial charge < -0.3 is 9.88 Å². The number of nitrogens with one attached hydrogen (secondary N) is 1. The van der Waals surface area contributed by atoms with Crippen LogP contribution in [0.4, 0.5) is 0 Å². The van der Waals surface area contributed by atoms with Crippen molar-refractivity contribution < 1.29 is 4.79 Å². The Kier molecular flexibility index (Phi) is 6.57. The fraction of sp³-hybridized carbons (Fsp3) is 0.778. The van der Waals surface area contributed by atoms with E-state index in [1.165, 1.54) is 25.0 Å². The van der Waals surface area contributed by atoms with E-state index in [0.29, 0.717) is 23.6 Å². The van der Waals surface area contributed by atoms with Crippen LogP contribution in [0, 0.1) is 25.7 Å². The van der Waals surface area contributed by atoms with Gasteiger partial charge in [0.15, 0.2) is 5.16 Å². The molecule has 1 heterocycles. The minimum Gasteiger partial charge on any atom is -0.352 e. The number of carbonyl (C=O) groups is 1. The third kappa shape index (κ3) is 5.00. The molecule has 0 aliphatic heterocycles. The molecule has 0 spiro atoms. The van der Waals surface area contributed by atoms with E-state index in [4.69, 9.17) is 0 Å². The van der Waals surface area contributed by atoms with Crippen molar-refractivity contribution in [1.82, 2.24) is 14.9 Å². The number of thioether (sulfide) groups is 1. The molecule has 0 unspecified atom stereocenters. The first-order valence-corrected chi connectivity index (χ1v) is 9.83. The Morgan fingerprint density at radius 2 is 2.04 bits per heavy atom. The van der Waals surface area contributed by atoms with Gasteiger partial charge in [-0.2, -0.15) is 0 Å². The number of amides is 1. The van der Waals surface area contributed by atoms with E-state index in [1.807, 2.05) is 6.92 Å². The average molecular weight is 338 g/mol. The van der Waals surface area contributed by atoms with Gasteiger partial charge in [0.1, 0.15) is 0 Å². The summed E-state index contributed by atoms with van der Waals surface area (Å²) in [4.78, 5) is 16.9. The molecule has 1 aromatic rings. The average Bonchev–Trinajstić information content (AvgIpc) is 2.75. The summed E-state index contributed by atoms with van der Waals surface area (Å²) in [5.74, 6) is 1.77. The third-order valence-electron chi connectivity index (χ3n) is 4.76. The van der Waals surface area contributed by atoms with Gasteiger partial charge in [0, 0.05) is 18.3 Å². The lowest BCUT2D eigenvalue weighted by Gasteiger charge is -2.29. The number of carbonyl (C=O) groups excluding carboxylic acids is 1. The number of aromatic nitrogens is 2. The maximum absolute atomic E-state index is 12.3. The van der Waals surface area contributed by atoms with Gasteiger partial charge in [0.25, 0.3) is 0 Å². The van der Waals surface area contributed by atoms with Crippen molar-refractivity contribution in [1.29, 1.82) is 0 Å². The van der Waals surface area contributed by atoms with Crippen LogP contribution in [0.25, 0.3) is 0 Å². The Labute approximate surface area is 144 Å². The summed E-state index contributed by atoms with van der Waals surface area (Å²) in [6.07, 6.45) is 4.89. The predicted octanol–water partition coefficient (Wildman–Crippen LogP) is 3.94. The van der Waals surface area contributed by atoms with Crippen LogP contribution in [0.3, 0.4) is 0 Å². The lowest BCUT2D eigenvalue weighted by molar-refractivity contribution is -0.119. The smallest absolute Gasteiger partial charge is 0.230 e. The van der Waals surface area contributed by atoms with Crippen LogP contribution in [-0.2, 0) is 11.3 Å². The van der Waals surface area contributed by atoms with E-state index >= 15 is 0 Å². The number of nitrogens with zero attached hydrogens (tertiary/aromatic N) is 2. The topological polar surface area (TPSA) is 46.9 Å². The molecule has 1 fully saturated rings. The molecule has 0 aromatic carbocycles. The van der Waals surface area contributed by atoms with Gasteiger partial charge in [-0.25, -0.2) is 4.98 Å². The molecule has 130 valence electrons. The highest BCUT2D eigenvalue weighted by Gasteiger charge is 2.23. The Hall–Kier alpha value is -0.970. The standard InChI is InChI=1S/C18H31N3OS/c1-12(2)10-21-15(5)14(4)19-18(21)23-11-17(22)20-16-9-7-6-8-13(16)3/h12-13,16H,6-11H2,1-5H3,(H,20,22)/t13-,16-/m1/s1. The van der Waals surface area contributed by atoms with Crippen molar-refractivity contribution >= 4 is 17.7 Å². The van der Waals surface area contributed by atoms with Crippen molar-refractivity contribution in [3.8, 4) is 0 Å². The van der Waals surface area contributed by atoms with Crippen LogP contribution < -0.4 is 5.32 Å². The van der Waals surface area contributed by atoms with E-state index in [0.717, 1.165) is 23.8 Å². The molecule has 23 heavy (non-hydrogen) atoms. The summed E-state index contributed by atoms with van der Waals surface area (Å²) in [7, 11) is 0. The summed E-state index contributed by atoms with van der Waals surface area (Å²) in [5, 5.41) is 4.20. The monoisotopic (exact) mass is 337 g/mol. The second kappa shape index (κ2) is 8.22. The highest BCUT2D eigenvalue weighted by Crippen LogP contribution is 2.25. The highest BCUT2D eigenvalue weighted by atomic mass is 32.2. The number of imidazole rings is 1. The zero-order valence-electron chi connectivity index (χ0n) is 15.2. The van der Waals surface area contributed by atoms with Gasteiger partial charge in [0.05, 0.1) is 11.4 Å². The van der Waals surface area contributed by atoms with Crippen LogP contribution in [0.1, 0.15) is 57.8 Å². The van der Waals surface area contributed by atoms with Gasteiger partial charge in [-0.1, -0.05) is 45.4 Å². The van der Waals surface area contributed by atoms with Crippen LogP contribution in [-0.4, -0.2) is 27.3 Å². The zero-order valence-corrected chi connectivity index (χ0v) is 16.0. The molecule has 4 nitrogen and oxygen atoms in total. The lowest BCUT2D eigenvalue weighted by Crippen LogP contribution is -2.41. The molecule has 1 aromatic heterocycles. The molecule has 1 N–H and O–H groups in total. The third-order valence-corrected chi connectivity index (χ3v) is 5.74. The Bertz CT molecular complexity index is 539. The summed E-state index contributed by atoms with van der Waals surface area (Å²) in [6.45, 7) is 11.8. The SMILES string of the molecule is Cc1nc(SCC(=O)N[C@@H]2CCCC[C@H]2C)n(CC(C)C)c1C. The fourth-order valence-corrected chi connectivity index (χ4v) is 4.14. The van der Waals surface area contributed by atoms with E-state index in [1.54, 1.807) is 11.8 Å². The van der Waals surface area contributed by atoms with Crippen LogP contribution in [0.2, 0.25) is 0 Å². The zero-order chi connectivity index (χ0) is 17.0. The van der Waals surface area contributed by atoms with E-state index in [-0.39, 0.29) is 5.91 Å². The van der Waals surface area contributed by atoms with Gasteiger partial charge in [0.2, 0.25) is 5.91 Å². The van der Waals surface area contributed by atoms with Gasteiger partial charge in [-0.3, -0.25) is 4.79 Å². The molecule has 0 radical (unpaired) electrons. The normalized spacial score (nSPS) is 21.7. The molecule has 2 atom stereocenters. The summed E-state index contributed by atoms with van der Waals surface area (Å²) in [6, 6.07) is 0.357. The number of aryl methyl sites for hydroxylation is 1. The number of hydrogen-bond donors (Lipinski definition) is 1. The summed E-state index contributed by atoms with van der Waals surface area (Å²) >= 11 is 1.56. The molecule has 0 bridgehead atoms. The molecule has 1 aliphatic rings. The Balaban J connectivity index is 1.92. The van der Waals surface area contributed by atoms with Crippen molar-refractivity contribution in [2.24, 2.45) is 11.8 Å². The quantitative estimate of drug-likeness (QED) is 0.800. The molecular formula is C18H31N3OS. The van der Waals surface area contributed by atoms with E-state index in [9.17, 15) is 4.79 Å². The van der Waals surface area contributed by atoms with Crippen molar-refractivity contribution in [2.45, 2.75) is 78.0 Å². The fourth-order valence-electron chi connectivity index (χ4n) is 3.22. The second-order valence-electron chi connectivity index (χ2n) is 7.29. The first-order chi connectivity index (χ1) is 10.9. The molecule has 5 heteroatoms. The van der Waals surface area contributed by atoms with Crippen molar-refractivity contribution in [3.05, 3.63) is 11.4 Å². The van der Waals surface area contributed by atoms with Crippen LogP contribution in [0.15, 0.2) is 5.16 Å². The minimum absolute atomic E-state index is 0.142. The second-order valence-corrected chi connectivity index (χ2v) is 8.24. The molecule has 1 saturated carbocycles. The van der Waals surface area contributed by atoms with Crippen LogP contribution in [0.5, 0.6) is 0 Å². The summed E-state index contributed by atoms with van der Waals surface area (Å²) in [5.41, 5.74) is 2.27. The Morgan fingerprint density at radius 3 is 2.70 bits per heavy atom. The number of hydrogen-bond acceptors (Lipinski definition) is 3. The summed E-state index contributed by atoms with van der Waals surface area (Å²) < 4.78 is 2.25. The Morgan fingerprint density at radius 1 is 1.35 bits per heavy atom. The van der Waals surface area contributed by atoms with Crippen LogP contribution >= 0.6 is 11.8 Å².